The van der Waals surface area contributed by atoms with Gasteiger partial charge in [-0.1, -0.05) is 34.1 Å². The maximum atomic E-state index is 11.9. The van der Waals surface area contributed by atoms with Crippen molar-refractivity contribution < 1.29 is 4.79 Å². The van der Waals surface area contributed by atoms with Gasteiger partial charge in [-0.15, -0.1) is 0 Å². The first-order chi connectivity index (χ1) is 8.66. The first-order valence-corrected chi connectivity index (χ1v) is 6.40. The van der Waals surface area contributed by atoms with Crippen LogP contribution in [-0.2, 0) is 6.54 Å². The van der Waals surface area contributed by atoms with Gasteiger partial charge in [-0.3, -0.25) is 9.59 Å². The maximum absolute atomic E-state index is 11.9. The molecule has 4 heteroatoms. The summed E-state index contributed by atoms with van der Waals surface area (Å²) in [7, 11) is 0. The number of ketones is 1. The highest BCUT2D eigenvalue weighted by atomic mass is 79.9. The minimum absolute atomic E-state index is 0.0400. The molecule has 0 aliphatic rings. The zero-order valence-corrected chi connectivity index (χ0v) is 11.3. The fourth-order valence-electron chi connectivity index (χ4n) is 1.65. The fraction of sp³-hybridized carbons (Fsp3) is 0.143. The molecule has 0 spiro atoms. The molecular weight excluding hydrogens is 294 g/mol. The van der Waals surface area contributed by atoms with Gasteiger partial charge in [0, 0.05) is 35.3 Å². The van der Waals surface area contributed by atoms with E-state index in [4.69, 9.17) is 0 Å². The number of rotatable bonds is 4. The van der Waals surface area contributed by atoms with Crippen LogP contribution in [0.5, 0.6) is 0 Å². The van der Waals surface area contributed by atoms with Crippen LogP contribution in [0, 0.1) is 0 Å². The largest absolute Gasteiger partial charge is 0.315 e. The molecule has 0 saturated carbocycles. The van der Waals surface area contributed by atoms with E-state index in [9.17, 15) is 9.59 Å². The van der Waals surface area contributed by atoms with Crippen LogP contribution in [-0.4, -0.2) is 10.4 Å². The average molecular weight is 306 g/mol. The van der Waals surface area contributed by atoms with Gasteiger partial charge in [0.05, 0.1) is 0 Å². The lowest BCUT2D eigenvalue weighted by Gasteiger charge is -2.04. The predicted octanol–water partition coefficient (Wildman–Crippen LogP) is 2.88. The monoisotopic (exact) mass is 305 g/mol. The second-order valence-corrected chi connectivity index (χ2v) is 4.83. The summed E-state index contributed by atoms with van der Waals surface area (Å²) in [5.74, 6) is 0.0400. The lowest BCUT2D eigenvalue weighted by Crippen LogP contribution is -2.19. The van der Waals surface area contributed by atoms with Gasteiger partial charge in [0.2, 0.25) is 0 Å². The van der Waals surface area contributed by atoms with E-state index in [2.05, 4.69) is 15.9 Å². The molecule has 2 aromatic rings. The number of hydrogen-bond acceptors (Lipinski definition) is 2. The number of nitrogens with zero attached hydrogens (tertiary/aromatic N) is 1. The third-order valence-corrected chi connectivity index (χ3v) is 3.17. The van der Waals surface area contributed by atoms with E-state index in [0.29, 0.717) is 18.5 Å². The minimum Gasteiger partial charge on any atom is -0.315 e. The van der Waals surface area contributed by atoms with Crippen LogP contribution in [0.4, 0.5) is 0 Å². The van der Waals surface area contributed by atoms with Gasteiger partial charge in [0.25, 0.3) is 5.56 Å². The smallest absolute Gasteiger partial charge is 0.250 e. The van der Waals surface area contributed by atoms with Crippen LogP contribution in [0.3, 0.4) is 0 Å². The third-order valence-electron chi connectivity index (χ3n) is 2.64. The zero-order chi connectivity index (χ0) is 13.0. The summed E-state index contributed by atoms with van der Waals surface area (Å²) in [6.07, 6.45) is 2.02. The SMILES string of the molecule is O=C(CCn1ccccc1=O)c1ccc(Br)cc1. The van der Waals surface area contributed by atoms with Crippen molar-refractivity contribution in [3.63, 3.8) is 0 Å². The van der Waals surface area contributed by atoms with Gasteiger partial charge in [-0.25, -0.2) is 0 Å². The van der Waals surface area contributed by atoms with Crippen molar-refractivity contribution in [2.24, 2.45) is 0 Å². The van der Waals surface area contributed by atoms with Gasteiger partial charge >= 0.3 is 0 Å². The summed E-state index contributed by atoms with van der Waals surface area (Å²) >= 11 is 3.32. The number of halogens is 1. The molecule has 0 N–H and O–H groups in total. The predicted molar refractivity (Wildman–Crippen MR) is 73.8 cm³/mol. The Morgan fingerprint density at radius 1 is 1.11 bits per heavy atom. The molecule has 1 aromatic carbocycles. The molecule has 0 atom stereocenters. The minimum atomic E-state index is -0.0823. The summed E-state index contributed by atoms with van der Waals surface area (Å²) in [4.78, 5) is 23.4. The van der Waals surface area contributed by atoms with Crippen molar-refractivity contribution >= 4 is 21.7 Å². The summed E-state index contributed by atoms with van der Waals surface area (Å²) in [6.45, 7) is 0.411. The third kappa shape index (κ3) is 3.17. The molecule has 0 fully saturated rings. The van der Waals surface area contributed by atoms with Gasteiger partial charge in [0.1, 0.15) is 0 Å². The number of benzene rings is 1. The summed E-state index contributed by atoms with van der Waals surface area (Å²) in [5.41, 5.74) is 0.586. The molecule has 0 bridgehead atoms. The van der Waals surface area contributed by atoms with Gasteiger partial charge in [0.15, 0.2) is 5.78 Å². The molecule has 92 valence electrons. The number of aromatic nitrogens is 1. The Morgan fingerprint density at radius 3 is 2.50 bits per heavy atom. The number of Topliss-reactive ketones (excluding diaryl/α,β-unsaturated/α-hetero) is 1. The molecule has 0 unspecified atom stereocenters. The quantitative estimate of drug-likeness (QED) is 0.815. The maximum Gasteiger partial charge on any atom is 0.250 e. The van der Waals surface area contributed by atoms with Crippen LogP contribution in [0.25, 0.3) is 0 Å². The van der Waals surface area contributed by atoms with Crippen molar-refractivity contribution in [2.45, 2.75) is 13.0 Å². The number of carbonyl (C=O) groups excluding carboxylic acids is 1. The summed E-state index contributed by atoms with van der Waals surface area (Å²) in [6, 6.07) is 12.2. The van der Waals surface area contributed by atoms with E-state index >= 15 is 0 Å². The number of aryl methyl sites for hydroxylation is 1. The Kier molecular flexibility index (Phi) is 4.10. The van der Waals surface area contributed by atoms with E-state index in [1.54, 1.807) is 30.5 Å². The second kappa shape index (κ2) is 5.78. The fourth-order valence-corrected chi connectivity index (χ4v) is 1.91. The van der Waals surface area contributed by atoms with Gasteiger partial charge in [-0.05, 0) is 18.2 Å². The van der Waals surface area contributed by atoms with Crippen molar-refractivity contribution in [2.75, 3.05) is 0 Å². The van der Waals surface area contributed by atoms with Crippen LogP contribution in [0.1, 0.15) is 16.8 Å². The number of pyridine rings is 1. The Morgan fingerprint density at radius 2 is 1.83 bits per heavy atom. The van der Waals surface area contributed by atoms with E-state index in [0.717, 1.165) is 4.47 Å². The van der Waals surface area contributed by atoms with Crippen LogP contribution in [0.2, 0.25) is 0 Å². The lowest BCUT2D eigenvalue weighted by molar-refractivity contribution is 0.0976. The number of carbonyl (C=O) groups is 1. The van der Waals surface area contributed by atoms with Crippen LogP contribution >= 0.6 is 15.9 Å². The molecule has 18 heavy (non-hydrogen) atoms. The summed E-state index contributed by atoms with van der Waals surface area (Å²) in [5, 5.41) is 0. The molecule has 0 aliphatic heterocycles. The highest BCUT2D eigenvalue weighted by molar-refractivity contribution is 9.10. The van der Waals surface area contributed by atoms with Crippen LogP contribution in [0.15, 0.2) is 57.9 Å². The Hall–Kier alpha value is -1.68. The van der Waals surface area contributed by atoms with Gasteiger partial charge < -0.3 is 4.57 Å². The highest BCUT2D eigenvalue weighted by Gasteiger charge is 2.06. The topological polar surface area (TPSA) is 39.1 Å². The first-order valence-electron chi connectivity index (χ1n) is 5.61. The zero-order valence-electron chi connectivity index (χ0n) is 9.67. The standard InChI is InChI=1S/C14H12BrNO2/c15-12-6-4-11(5-7-12)13(17)8-10-16-9-2-1-3-14(16)18/h1-7,9H,8,10H2. The molecule has 2 rings (SSSR count). The molecule has 0 aliphatic carbocycles. The Labute approximate surface area is 113 Å². The van der Waals surface area contributed by atoms with E-state index in [-0.39, 0.29) is 11.3 Å². The molecular formula is C14H12BrNO2. The van der Waals surface area contributed by atoms with E-state index in [1.807, 2.05) is 12.1 Å². The normalized spacial score (nSPS) is 10.3. The lowest BCUT2D eigenvalue weighted by atomic mass is 10.1. The van der Waals surface area contributed by atoms with Crippen LogP contribution < -0.4 is 5.56 Å². The van der Waals surface area contributed by atoms with Crippen molar-refractivity contribution in [3.05, 3.63) is 69.1 Å². The van der Waals surface area contributed by atoms with Gasteiger partial charge in [-0.2, -0.15) is 0 Å². The van der Waals surface area contributed by atoms with Crippen molar-refractivity contribution in [1.82, 2.24) is 4.57 Å². The molecule has 0 saturated heterocycles. The molecule has 1 aromatic heterocycles. The average Bonchev–Trinajstić information content (AvgIpc) is 2.38. The second-order valence-electron chi connectivity index (χ2n) is 3.91. The van der Waals surface area contributed by atoms with E-state index in [1.165, 1.54) is 10.6 Å². The molecule has 3 nitrogen and oxygen atoms in total. The number of hydrogen-bond donors (Lipinski definition) is 0. The Balaban J connectivity index is 2.03. The van der Waals surface area contributed by atoms with Crippen molar-refractivity contribution in [3.8, 4) is 0 Å². The Bertz CT molecular complexity index is 602. The summed E-state index contributed by atoms with van der Waals surface area (Å²) < 4.78 is 2.48. The molecule has 0 radical (unpaired) electrons. The van der Waals surface area contributed by atoms with Crippen molar-refractivity contribution in [1.29, 1.82) is 0 Å². The first kappa shape index (κ1) is 12.8. The molecule has 0 amide bonds. The van der Waals surface area contributed by atoms with E-state index < -0.39 is 0 Å². The highest BCUT2D eigenvalue weighted by Crippen LogP contribution is 2.12. The molecule has 1 heterocycles.